The zero-order valence-corrected chi connectivity index (χ0v) is 18.0. The average molecular weight is 417 g/mol. The summed E-state index contributed by atoms with van der Waals surface area (Å²) >= 11 is 6.10. The van der Waals surface area contributed by atoms with Gasteiger partial charge in [-0.05, 0) is 38.0 Å². The van der Waals surface area contributed by atoms with Crippen molar-refractivity contribution in [1.82, 2.24) is 10.2 Å². The van der Waals surface area contributed by atoms with E-state index in [4.69, 9.17) is 16.3 Å². The van der Waals surface area contributed by atoms with Crippen molar-refractivity contribution in [3.05, 3.63) is 64.7 Å². The number of ether oxygens (including phenoxy) is 1. The molecular weight excluding hydrogens is 388 g/mol. The van der Waals surface area contributed by atoms with Gasteiger partial charge < -0.3 is 15.0 Å². The average Bonchev–Trinajstić information content (AvgIpc) is 2.71. The second-order valence-corrected chi connectivity index (χ2v) is 7.46. The molecule has 1 atom stereocenters. The minimum atomic E-state index is -0.616. The maximum absolute atomic E-state index is 13.0. The number of carbonyl (C=O) groups is 2. The predicted molar refractivity (Wildman–Crippen MR) is 116 cm³/mol. The summed E-state index contributed by atoms with van der Waals surface area (Å²) in [5, 5.41) is 3.34. The van der Waals surface area contributed by atoms with Crippen LogP contribution in [0.2, 0.25) is 5.02 Å². The van der Waals surface area contributed by atoms with Gasteiger partial charge >= 0.3 is 0 Å². The van der Waals surface area contributed by atoms with Gasteiger partial charge in [-0.1, -0.05) is 66.9 Å². The number of halogens is 1. The van der Waals surface area contributed by atoms with Crippen LogP contribution in [0.25, 0.3) is 0 Å². The van der Waals surface area contributed by atoms with Gasteiger partial charge in [0.2, 0.25) is 5.91 Å². The van der Waals surface area contributed by atoms with Gasteiger partial charge in [-0.2, -0.15) is 0 Å². The Morgan fingerprint density at radius 3 is 2.62 bits per heavy atom. The largest absolute Gasteiger partial charge is 0.482 e. The van der Waals surface area contributed by atoms with E-state index in [0.29, 0.717) is 23.9 Å². The van der Waals surface area contributed by atoms with E-state index in [-0.39, 0.29) is 18.4 Å². The standard InChI is InChI=1S/C23H29ClN2O3/c1-4-5-13-25-23(28)18(3)26(15-19-10-8-9-17(2)14-19)22(27)16-29-21-12-7-6-11-20(21)24/h6-12,14,18H,4-5,13,15-16H2,1-3H3,(H,25,28)/t18-/m1/s1. The molecule has 0 aliphatic rings. The minimum absolute atomic E-state index is 0.169. The van der Waals surface area contributed by atoms with Crippen LogP contribution in [0.15, 0.2) is 48.5 Å². The molecule has 2 aromatic rings. The van der Waals surface area contributed by atoms with E-state index in [1.165, 1.54) is 0 Å². The summed E-state index contributed by atoms with van der Waals surface area (Å²) in [4.78, 5) is 27.1. The number of unbranched alkanes of at least 4 members (excludes halogenated alkanes) is 1. The zero-order valence-electron chi connectivity index (χ0n) is 17.3. The van der Waals surface area contributed by atoms with Crippen LogP contribution in [0, 0.1) is 6.92 Å². The summed E-state index contributed by atoms with van der Waals surface area (Å²) in [7, 11) is 0. The number of rotatable bonds is 10. The molecule has 6 heteroatoms. The summed E-state index contributed by atoms with van der Waals surface area (Å²) in [6.07, 6.45) is 1.90. The highest BCUT2D eigenvalue weighted by atomic mass is 35.5. The lowest BCUT2D eigenvalue weighted by molar-refractivity contribution is -0.142. The molecule has 0 saturated carbocycles. The molecule has 0 radical (unpaired) electrons. The molecule has 1 N–H and O–H groups in total. The maximum Gasteiger partial charge on any atom is 0.261 e. The summed E-state index contributed by atoms with van der Waals surface area (Å²) in [5.41, 5.74) is 2.06. The molecule has 0 bridgehead atoms. The number of para-hydroxylation sites is 1. The van der Waals surface area contributed by atoms with Crippen LogP contribution in [0.1, 0.15) is 37.8 Å². The Balaban J connectivity index is 2.12. The number of hydrogen-bond acceptors (Lipinski definition) is 3. The van der Waals surface area contributed by atoms with Crippen molar-refractivity contribution < 1.29 is 14.3 Å². The van der Waals surface area contributed by atoms with Crippen molar-refractivity contribution in [3.8, 4) is 5.75 Å². The lowest BCUT2D eigenvalue weighted by atomic mass is 10.1. The van der Waals surface area contributed by atoms with Crippen LogP contribution in [0.4, 0.5) is 0 Å². The predicted octanol–water partition coefficient (Wildman–Crippen LogP) is 4.36. The number of amides is 2. The van der Waals surface area contributed by atoms with Crippen LogP contribution in [0.3, 0.4) is 0 Å². The van der Waals surface area contributed by atoms with E-state index in [1.54, 1.807) is 36.1 Å². The van der Waals surface area contributed by atoms with E-state index in [2.05, 4.69) is 12.2 Å². The number of hydrogen-bond donors (Lipinski definition) is 1. The van der Waals surface area contributed by atoms with E-state index < -0.39 is 6.04 Å². The van der Waals surface area contributed by atoms with Crippen LogP contribution in [-0.2, 0) is 16.1 Å². The Morgan fingerprint density at radius 2 is 1.93 bits per heavy atom. The molecular formula is C23H29ClN2O3. The number of nitrogens with one attached hydrogen (secondary N) is 1. The first-order valence-corrected chi connectivity index (χ1v) is 10.3. The second kappa shape index (κ2) is 11.5. The van der Waals surface area contributed by atoms with Gasteiger partial charge in [0.1, 0.15) is 11.8 Å². The zero-order chi connectivity index (χ0) is 21.2. The summed E-state index contributed by atoms with van der Waals surface area (Å²) in [5.74, 6) is -0.000151. The highest BCUT2D eigenvalue weighted by Crippen LogP contribution is 2.23. The summed E-state index contributed by atoms with van der Waals surface area (Å²) < 4.78 is 5.61. The third-order valence-corrected chi connectivity index (χ3v) is 4.93. The van der Waals surface area contributed by atoms with E-state index in [0.717, 1.165) is 24.0 Å². The van der Waals surface area contributed by atoms with Crippen molar-refractivity contribution >= 4 is 23.4 Å². The molecule has 2 amide bonds. The first-order valence-electron chi connectivity index (χ1n) is 9.92. The molecule has 156 valence electrons. The van der Waals surface area contributed by atoms with Gasteiger partial charge in [-0.3, -0.25) is 9.59 Å². The summed E-state index contributed by atoms with van der Waals surface area (Å²) in [6.45, 7) is 6.54. The molecule has 0 aliphatic carbocycles. The summed E-state index contributed by atoms with van der Waals surface area (Å²) in [6, 6.07) is 14.3. The van der Waals surface area contributed by atoms with Gasteiger partial charge in [0.05, 0.1) is 5.02 Å². The van der Waals surface area contributed by atoms with E-state index in [1.807, 2.05) is 31.2 Å². The number of carbonyl (C=O) groups excluding carboxylic acids is 2. The van der Waals surface area contributed by atoms with Crippen LogP contribution < -0.4 is 10.1 Å². The molecule has 2 aromatic carbocycles. The molecule has 5 nitrogen and oxygen atoms in total. The number of benzene rings is 2. The van der Waals surface area contributed by atoms with Crippen molar-refractivity contribution in [1.29, 1.82) is 0 Å². The van der Waals surface area contributed by atoms with Crippen molar-refractivity contribution in [2.45, 2.75) is 46.2 Å². The van der Waals surface area contributed by atoms with E-state index in [9.17, 15) is 9.59 Å². The number of nitrogens with zero attached hydrogens (tertiary/aromatic N) is 1. The monoisotopic (exact) mass is 416 g/mol. The number of aryl methyl sites for hydroxylation is 1. The Hall–Kier alpha value is -2.53. The second-order valence-electron chi connectivity index (χ2n) is 7.05. The van der Waals surface area contributed by atoms with Crippen LogP contribution >= 0.6 is 11.6 Å². The third-order valence-electron chi connectivity index (χ3n) is 4.62. The topological polar surface area (TPSA) is 58.6 Å². The molecule has 0 heterocycles. The molecule has 29 heavy (non-hydrogen) atoms. The smallest absolute Gasteiger partial charge is 0.261 e. The molecule has 0 aromatic heterocycles. The molecule has 0 fully saturated rings. The Bertz CT molecular complexity index is 825. The first kappa shape index (κ1) is 22.8. The van der Waals surface area contributed by atoms with Gasteiger partial charge in [-0.15, -0.1) is 0 Å². The minimum Gasteiger partial charge on any atom is -0.482 e. The van der Waals surface area contributed by atoms with Gasteiger partial charge in [-0.25, -0.2) is 0 Å². The highest BCUT2D eigenvalue weighted by Gasteiger charge is 2.26. The van der Waals surface area contributed by atoms with Crippen LogP contribution in [0.5, 0.6) is 5.75 Å². The van der Waals surface area contributed by atoms with Gasteiger partial charge in [0.15, 0.2) is 6.61 Å². The SMILES string of the molecule is CCCCNC(=O)[C@@H](C)N(Cc1cccc(C)c1)C(=O)COc1ccccc1Cl. The fourth-order valence-electron chi connectivity index (χ4n) is 2.91. The van der Waals surface area contributed by atoms with Crippen LogP contribution in [-0.4, -0.2) is 35.9 Å². The normalized spacial score (nSPS) is 11.6. The molecule has 0 aliphatic heterocycles. The lowest BCUT2D eigenvalue weighted by Gasteiger charge is -2.29. The lowest BCUT2D eigenvalue weighted by Crippen LogP contribution is -2.49. The third kappa shape index (κ3) is 7.09. The molecule has 0 unspecified atom stereocenters. The molecule has 2 rings (SSSR count). The molecule has 0 spiro atoms. The Morgan fingerprint density at radius 1 is 1.17 bits per heavy atom. The fourth-order valence-corrected chi connectivity index (χ4v) is 3.10. The van der Waals surface area contributed by atoms with Gasteiger partial charge in [0, 0.05) is 13.1 Å². The van der Waals surface area contributed by atoms with Gasteiger partial charge in [0.25, 0.3) is 5.91 Å². The molecule has 0 saturated heterocycles. The maximum atomic E-state index is 13.0. The fraction of sp³-hybridized carbons (Fsp3) is 0.391. The Kier molecular flexibility index (Phi) is 9.00. The van der Waals surface area contributed by atoms with E-state index >= 15 is 0 Å². The van der Waals surface area contributed by atoms with Crippen molar-refractivity contribution in [3.63, 3.8) is 0 Å². The first-order chi connectivity index (χ1) is 13.9. The highest BCUT2D eigenvalue weighted by molar-refractivity contribution is 6.32. The quantitative estimate of drug-likeness (QED) is 0.585. The van der Waals surface area contributed by atoms with Crippen molar-refractivity contribution in [2.24, 2.45) is 0 Å². The Labute approximate surface area is 178 Å². The van der Waals surface area contributed by atoms with Crippen molar-refractivity contribution in [2.75, 3.05) is 13.2 Å².